The first kappa shape index (κ1) is 26.7. The second-order valence-electron chi connectivity index (χ2n) is 6.39. The summed E-state index contributed by atoms with van der Waals surface area (Å²) in [6.07, 6.45) is 0.637. The third-order valence-corrected chi connectivity index (χ3v) is 4.43. The summed E-state index contributed by atoms with van der Waals surface area (Å²) in [5, 5.41) is 28.6. The zero-order chi connectivity index (χ0) is 21.7. The normalized spacial score (nSPS) is 10.0. The van der Waals surface area contributed by atoms with Crippen LogP contribution in [-0.2, 0) is 19.8 Å². The van der Waals surface area contributed by atoms with E-state index in [-0.39, 0.29) is 40.4 Å². The Kier molecular flexibility index (Phi) is 9.93. The maximum absolute atomic E-state index is 10.5. The van der Waals surface area contributed by atoms with E-state index in [1.54, 1.807) is 36.4 Å². The summed E-state index contributed by atoms with van der Waals surface area (Å²) in [5.74, 6) is 1.82. The topological polar surface area (TPSA) is 123 Å². The summed E-state index contributed by atoms with van der Waals surface area (Å²) in [5.41, 5.74) is 2.60. The fraction of sp³-hybridized carbons (Fsp3) is 0.292. The Hall–Kier alpha value is -3.33. The molecule has 2 heterocycles. The molecule has 32 heavy (non-hydrogen) atoms. The molecular weight excluding hydrogens is 416 g/mol. The van der Waals surface area contributed by atoms with E-state index in [1.807, 2.05) is 0 Å². The Morgan fingerprint density at radius 3 is 1.69 bits per heavy atom. The van der Waals surface area contributed by atoms with Crippen LogP contribution in [0.3, 0.4) is 0 Å². The number of fused-ring (bicyclic) bond motifs is 2. The van der Waals surface area contributed by atoms with Crippen LogP contribution in [-0.4, -0.2) is 35.8 Å². The zero-order valence-electron chi connectivity index (χ0n) is 16.5. The summed E-state index contributed by atoms with van der Waals surface area (Å²) < 4.78 is 20.9. The maximum Gasteiger partial charge on any atom is 0.185 e. The summed E-state index contributed by atoms with van der Waals surface area (Å²) in [4.78, 5) is 10.5. The highest BCUT2D eigenvalue weighted by Gasteiger charge is 2.11. The molecule has 2 aromatic heterocycles. The van der Waals surface area contributed by atoms with Crippen LogP contribution < -0.4 is 9.47 Å². The van der Waals surface area contributed by atoms with Gasteiger partial charge in [0.05, 0.1) is 27.4 Å². The van der Waals surface area contributed by atoms with Gasteiger partial charge in [-0.25, -0.2) is 0 Å². The van der Waals surface area contributed by atoms with Gasteiger partial charge in [0.25, 0.3) is 0 Å². The predicted octanol–water partition coefficient (Wildman–Crippen LogP) is 4.44. The monoisotopic (exact) mass is 446 g/mol. The van der Waals surface area contributed by atoms with Crippen LogP contribution in [0.15, 0.2) is 45.2 Å². The first-order valence-electron chi connectivity index (χ1n) is 9.04. The number of rotatable bonds is 6. The van der Waals surface area contributed by atoms with E-state index < -0.39 is 0 Å². The number of carbonyl (C=O) groups is 1. The lowest BCUT2D eigenvalue weighted by Gasteiger charge is -2.02. The molecule has 8 nitrogen and oxygen atoms in total. The minimum absolute atomic E-state index is 0. The van der Waals surface area contributed by atoms with Gasteiger partial charge in [-0.2, -0.15) is 0 Å². The van der Waals surface area contributed by atoms with Crippen molar-refractivity contribution in [3.8, 4) is 11.5 Å². The molecule has 4 rings (SSSR count). The molecule has 0 unspecified atom stereocenters. The first-order chi connectivity index (χ1) is 14.6. The summed E-state index contributed by atoms with van der Waals surface area (Å²) in [7, 11) is 3.05. The molecule has 0 amide bonds. The number of furan rings is 2. The molecule has 0 aliphatic rings. The van der Waals surface area contributed by atoms with Crippen LogP contribution in [0.5, 0.6) is 11.5 Å². The van der Waals surface area contributed by atoms with Gasteiger partial charge in [-0.1, -0.05) is 14.9 Å². The molecule has 0 saturated heterocycles. The SMILES string of the molecule is C.C.COc1cc(CO)cc2cc(C=O)oc12.COc1cc(CO)cc2cc(CO)oc12. The van der Waals surface area contributed by atoms with Crippen LogP contribution >= 0.6 is 0 Å². The average molecular weight is 446 g/mol. The van der Waals surface area contributed by atoms with Crippen LogP contribution in [0, 0.1) is 0 Å². The Bertz CT molecular complexity index is 1160. The third-order valence-electron chi connectivity index (χ3n) is 4.43. The van der Waals surface area contributed by atoms with Crippen molar-refractivity contribution in [2.45, 2.75) is 34.7 Å². The van der Waals surface area contributed by atoms with Gasteiger partial charge in [0.2, 0.25) is 0 Å². The second-order valence-corrected chi connectivity index (χ2v) is 6.39. The molecule has 8 heteroatoms. The van der Waals surface area contributed by atoms with Crippen molar-refractivity contribution in [3.63, 3.8) is 0 Å². The average Bonchev–Trinajstić information content (AvgIpc) is 3.41. The second kappa shape index (κ2) is 11.9. The molecule has 0 aliphatic heterocycles. The molecule has 0 spiro atoms. The van der Waals surface area contributed by atoms with Gasteiger partial charge in [-0.05, 0) is 47.5 Å². The number of carbonyl (C=O) groups excluding carboxylic acids is 1. The van der Waals surface area contributed by atoms with Crippen molar-refractivity contribution in [1.29, 1.82) is 0 Å². The van der Waals surface area contributed by atoms with Gasteiger partial charge in [-0.3, -0.25) is 4.79 Å². The lowest BCUT2D eigenvalue weighted by atomic mass is 10.1. The highest BCUT2D eigenvalue weighted by molar-refractivity contribution is 5.89. The van der Waals surface area contributed by atoms with Gasteiger partial charge in [-0.15, -0.1) is 0 Å². The van der Waals surface area contributed by atoms with Crippen molar-refractivity contribution in [2.24, 2.45) is 0 Å². The smallest absolute Gasteiger partial charge is 0.185 e. The molecule has 0 aliphatic carbocycles. The van der Waals surface area contributed by atoms with Gasteiger partial charge in [0.1, 0.15) is 12.4 Å². The lowest BCUT2D eigenvalue weighted by molar-refractivity contribution is 0.110. The van der Waals surface area contributed by atoms with Gasteiger partial charge in [0.15, 0.2) is 34.7 Å². The Labute approximate surface area is 186 Å². The Morgan fingerprint density at radius 1 is 0.750 bits per heavy atom. The summed E-state index contributed by atoms with van der Waals surface area (Å²) in [6, 6.07) is 10.3. The number of benzene rings is 2. The molecule has 0 atom stereocenters. The fourth-order valence-electron chi connectivity index (χ4n) is 3.06. The Balaban J connectivity index is 0.000000301. The number of aldehydes is 1. The Morgan fingerprint density at radius 2 is 1.25 bits per heavy atom. The molecule has 0 saturated carbocycles. The molecular formula is C24H30O8. The molecule has 0 bridgehead atoms. The molecule has 174 valence electrons. The number of methoxy groups -OCH3 is 2. The van der Waals surface area contributed by atoms with Crippen LogP contribution in [0.4, 0.5) is 0 Å². The number of aliphatic hydroxyl groups is 3. The minimum atomic E-state index is -0.147. The highest BCUT2D eigenvalue weighted by atomic mass is 16.5. The maximum atomic E-state index is 10.5. The zero-order valence-corrected chi connectivity index (χ0v) is 16.5. The molecule has 0 radical (unpaired) electrons. The quantitative estimate of drug-likeness (QED) is 0.372. The number of hydrogen-bond donors (Lipinski definition) is 3. The standard InChI is InChI=1S/C11H12O4.C11H10O4.2CH4/c2*1-14-10-3-7(5-12)2-8-4-9(6-13)15-11(8)10;;/h2-4,12-13H,5-6H2,1H3;2-4,6,12H,5H2,1H3;2*1H4. The summed E-state index contributed by atoms with van der Waals surface area (Å²) in [6.45, 7) is -0.272. The first-order valence-corrected chi connectivity index (χ1v) is 9.04. The van der Waals surface area contributed by atoms with Crippen LogP contribution in [0.1, 0.15) is 42.3 Å². The molecule has 0 fully saturated rings. The van der Waals surface area contributed by atoms with Gasteiger partial charge >= 0.3 is 0 Å². The van der Waals surface area contributed by atoms with Gasteiger partial charge < -0.3 is 33.6 Å². The third kappa shape index (κ3) is 5.47. The number of ether oxygens (including phenoxy) is 2. The number of hydrogen-bond acceptors (Lipinski definition) is 8. The van der Waals surface area contributed by atoms with Crippen molar-refractivity contribution in [1.82, 2.24) is 0 Å². The summed E-state index contributed by atoms with van der Waals surface area (Å²) >= 11 is 0. The van der Waals surface area contributed by atoms with Crippen LogP contribution in [0.25, 0.3) is 21.9 Å². The van der Waals surface area contributed by atoms with Crippen LogP contribution in [0.2, 0.25) is 0 Å². The van der Waals surface area contributed by atoms with E-state index in [0.29, 0.717) is 34.7 Å². The molecule has 2 aromatic carbocycles. The van der Waals surface area contributed by atoms with E-state index in [4.69, 9.17) is 33.6 Å². The van der Waals surface area contributed by atoms with E-state index >= 15 is 0 Å². The van der Waals surface area contributed by atoms with E-state index in [1.165, 1.54) is 14.2 Å². The highest BCUT2D eigenvalue weighted by Crippen LogP contribution is 2.31. The van der Waals surface area contributed by atoms with Crippen molar-refractivity contribution in [3.05, 3.63) is 59.0 Å². The molecule has 4 aromatic rings. The van der Waals surface area contributed by atoms with E-state index in [9.17, 15) is 4.79 Å². The van der Waals surface area contributed by atoms with E-state index in [2.05, 4.69) is 0 Å². The predicted molar refractivity (Wildman–Crippen MR) is 122 cm³/mol. The van der Waals surface area contributed by atoms with E-state index in [0.717, 1.165) is 21.9 Å². The fourth-order valence-corrected chi connectivity index (χ4v) is 3.06. The largest absolute Gasteiger partial charge is 0.493 e. The molecule has 3 N–H and O–H groups in total. The number of aliphatic hydroxyl groups excluding tert-OH is 3. The van der Waals surface area contributed by atoms with Crippen molar-refractivity contribution < 1.29 is 38.4 Å². The van der Waals surface area contributed by atoms with Crippen molar-refractivity contribution in [2.75, 3.05) is 14.2 Å². The van der Waals surface area contributed by atoms with Crippen molar-refractivity contribution >= 4 is 28.2 Å². The minimum Gasteiger partial charge on any atom is -0.493 e. The van der Waals surface area contributed by atoms with Gasteiger partial charge in [0, 0.05) is 10.8 Å². The lowest BCUT2D eigenvalue weighted by Crippen LogP contribution is -1.87.